The van der Waals surface area contributed by atoms with Gasteiger partial charge in [0.2, 0.25) is 0 Å². The van der Waals surface area contributed by atoms with Gasteiger partial charge in [-0.15, -0.1) is 0 Å². The van der Waals surface area contributed by atoms with Crippen LogP contribution in [0.1, 0.15) is 11.6 Å². The molecule has 4 rings (SSSR count). The van der Waals surface area contributed by atoms with Gasteiger partial charge in [0.05, 0.1) is 19.3 Å². The summed E-state index contributed by atoms with van der Waals surface area (Å²) < 4.78 is 5.33. The van der Waals surface area contributed by atoms with Gasteiger partial charge in [0.1, 0.15) is 0 Å². The minimum absolute atomic E-state index is 0.0447. The molecule has 0 unspecified atom stereocenters. The molecule has 2 N–H and O–H groups in total. The summed E-state index contributed by atoms with van der Waals surface area (Å²) in [5, 5.41) is 5.57. The Morgan fingerprint density at radius 2 is 1.65 bits per heavy atom. The molecule has 2 saturated heterocycles. The first kappa shape index (κ1) is 24.1. The van der Waals surface area contributed by atoms with Crippen LogP contribution in [0.3, 0.4) is 0 Å². The summed E-state index contributed by atoms with van der Waals surface area (Å²) in [5.74, 6) is -1.19. The second-order valence-electron chi connectivity index (χ2n) is 8.58. The summed E-state index contributed by atoms with van der Waals surface area (Å²) in [5.41, 5.74) is 2.26. The number of hydrogen-bond donors (Lipinski definition) is 2. The lowest BCUT2D eigenvalue weighted by Crippen LogP contribution is -2.51. The number of benzene rings is 1. The van der Waals surface area contributed by atoms with Gasteiger partial charge >= 0.3 is 11.8 Å². The molecule has 2 aromatic rings. The maximum Gasteiger partial charge on any atom is 0.309 e. The summed E-state index contributed by atoms with van der Waals surface area (Å²) in [6.45, 7) is 8.16. The highest BCUT2D eigenvalue weighted by Gasteiger charge is 2.26. The van der Waals surface area contributed by atoms with Crippen molar-refractivity contribution < 1.29 is 14.3 Å². The molecular weight excluding hydrogens is 432 g/mol. The van der Waals surface area contributed by atoms with Crippen LogP contribution in [-0.4, -0.2) is 98.7 Å². The molecule has 3 heterocycles. The highest BCUT2D eigenvalue weighted by molar-refractivity contribution is 6.35. The molecule has 1 aromatic carbocycles. The zero-order valence-corrected chi connectivity index (χ0v) is 19.6. The molecule has 1 aromatic heterocycles. The molecule has 0 radical (unpaired) electrons. The van der Waals surface area contributed by atoms with Crippen molar-refractivity contribution in [2.45, 2.75) is 6.04 Å². The maximum absolute atomic E-state index is 12.5. The van der Waals surface area contributed by atoms with Gasteiger partial charge in [-0.25, -0.2) is 0 Å². The van der Waals surface area contributed by atoms with Gasteiger partial charge in [-0.05, 0) is 23.8 Å². The van der Waals surface area contributed by atoms with Gasteiger partial charge in [-0.2, -0.15) is 0 Å². The van der Waals surface area contributed by atoms with Gasteiger partial charge in [0.15, 0.2) is 0 Å². The molecule has 0 spiro atoms. The maximum atomic E-state index is 12.5. The van der Waals surface area contributed by atoms with E-state index < -0.39 is 11.8 Å². The van der Waals surface area contributed by atoms with Crippen LogP contribution >= 0.6 is 0 Å². The van der Waals surface area contributed by atoms with Crippen molar-refractivity contribution in [1.82, 2.24) is 25.4 Å². The van der Waals surface area contributed by atoms with E-state index in [0.717, 1.165) is 44.8 Å². The Labute approximate surface area is 201 Å². The van der Waals surface area contributed by atoms with Crippen LogP contribution in [-0.2, 0) is 14.3 Å². The van der Waals surface area contributed by atoms with Crippen molar-refractivity contribution in [3.8, 4) is 0 Å². The summed E-state index contributed by atoms with van der Waals surface area (Å²) in [4.78, 5) is 36.0. The number of carbonyl (C=O) groups is 2. The number of nitrogens with one attached hydrogen (secondary N) is 2. The van der Waals surface area contributed by atoms with Crippen molar-refractivity contribution in [3.05, 3.63) is 60.4 Å². The third kappa shape index (κ3) is 6.75. The van der Waals surface area contributed by atoms with Crippen molar-refractivity contribution >= 4 is 17.5 Å². The minimum atomic E-state index is -0.598. The van der Waals surface area contributed by atoms with Crippen LogP contribution < -0.4 is 15.5 Å². The number of aromatic nitrogens is 1. The number of para-hydroxylation sites is 1. The molecule has 2 aliphatic heterocycles. The van der Waals surface area contributed by atoms with Gasteiger partial charge < -0.3 is 20.3 Å². The van der Waals surface area contributed by atoms with Crippen molar-refractivity contribution in [3.63, 3.8) is 0 Å². The van der Waals surface area contributed by atoms with Gasteiger partial charge in [-0.1, -0.05) is 24.3 Å². The summed E-state index contributed by atoms with van der Waals surface area (Å²) in [6, 6.07) is 14.3. The molecule has 2 amide bonds. The molecule has 34 heavy (non-hydrogen) atoms. The highest BCUT2D eigenvalue weighted by Crippen LogP contribution is 2.23. The quantitative estimate of drug-likeness (QED) is 0.548. The standard InChI is InChI=1S/C25H34N6O3/c32-24(27-9-10-29-15-17-34-18-16-29)25(33)28-20-23(21-5-4-8-26-19-21)31-13-11-30(12-14-31)22-6-2-1-3-7-22/h1-8,19,23H,9-18,20H2,(H,27,32)(H,28,33)/t23-/m0/s1. The number of nitrogens with zero attached hydrogens (tertiary/aromatic N) is 4. The average molecular weight is 467 g/mol. The van der Waals surface area contributed by atoms with Crippen LogP contribution in [0, 0.1) is 0 Å². The first-order valence-corrected chi connectivity index (χ1v) is 12.0. The monoisotopic (exact) mass is 466 g/mol. The number of ether oxygens (including phenoxy) is 1. The van der Waals surface area contributed by atoms with E-state index in [4.69, 9.17) is 4.74 Å². The first-order valence-electron chi connectivity index (χ1n) is 12.0. The lowest BCUT2D eigenvalue weighted by Gasteiger charge is -2.40. The van der Waals surface area contributed by atoms with E-state index in [0.29, 0.717) is 32.8 Å². The Hall–Kier alpha value is -3.01. The summed E-state index contributed by atoms with van der Waals surface area (Å²) in [6.07, 6.45) is 3.58. The van der Waals surface area contributed by atoms with E-state index in [1.165, 1.54) is 5.69 Å². The number of carbonyl (C=O) groups excluding carboxylic acids is 2. The number of anilines is 1. The first-order chi connectivity index (χ1) is 16.7. The van der Waals surface area contributed by atoms with Crippen molar-refractivity contribution in [1.29, 1.82) is 0 Å². The van der Waals surface area contributed by atoms with Gasteiger partial charge in [0.25, 0.3) is 0 Å². The highest BCUT2D eigenvalue weighted by atomic mass is 16.5. The number of morpholine rings is 1. The van der Waals surface area contributed by atoms with E-state index in [2.05, 4.69) is 54.6 Å². The Bertz CT molecular complexity index is 899. The minimum Gasteiger partial charge on any atom is -0.379 e. The van der Waals surface area contributed by atoms with Crippen LogP contribution in [0.2, 0.25) is 0 Å². The Morgan fingerprint density at radius 3 is 2.35 bits per heavy atom. The second kappa shape index (κ2) is 12.5. The molecule has 1 atom stereocenters. The Kier molecular flexibility index (Phi) is 8.84. The third-order valence-corrected chi connectivity index (χ3v) is 6.43. The summed E-state index contributed by atoms with van der Waals surface area (Å²) >= 11 is 0. The lowest BCUT2D eigenvalue weighted by atomic mass is 10.1. The van der Waals surface area contributed by atoms with Crippen molar-refractivity contribution in [2.24, 2.45) is 0 Å². The largest absolute Gasteiger partial charge is 0.379 e. The predicted molar refractivity (Wildman–Crippen MR) is 130 cm³/mol. The fourth-order valence-corrected chi connectivity index (χ4v) is 4.46. The van der Waals surface area contributed by atoms with E-state index in [9.17, 15) is 9.59 Å². The summed E-state index contributed by atoms with van der Waals surface area (Å²) in [7, 11) is 0. The molecular formula is C25H34N6O3. The predicted octanol–water partition coefficient (Wildman–Crippen LogP) is 0.510. The van der Waals surface area contributed by atoms with Gasteiger partial charge in [0, 0.05) is 77.0 Å². The number of amides is 2. The number of piperazine rings is 1. The number of rotatable bonds is 8. The molecule has 0 aliphatic carbocycles. The van der Waals surface area contributed by atoms with Crippen molar-refractivity contribution in [2.75, 3.05) is 77.0 Å². The third-order valence-electron chi connectivity index (χ3n) is 6.43. The molecule has 0 saturated carbocycles. The smallest absolute Gasteiger partial charge is 0.309 e. The normalized spacial score (nSPS) is 18.3. The molecule has 182 valence electrons. The molecule has 2 aliphatic rings. The van der Waals surface area contributed by atoms with E-state index >= 15 is 0 Å². The van der Waals surface area contributed by atoms with Crippen LogP contribution in [0.4, 0.5) is 5.69 Å². The average Bonchev–Trinajstić information content (AvgIpc) is 2.91. The zero-order valence-electron chi connectivity index (χ0n) is 19.6. The van der Waals surface area contributed by atoms with Crippen LogP contribution in [0.25, 0.3) is 0 Å². The SMILES string of the molecule is O=C(NCCN1CCOCC1)C(=O)NC[C@@H](c1cccnc1)N1CCN(c2ccccc2)CC1. The van der Waals surface area contributed by atoms with Crippen LogP contribution in [0.5, 0.6) is 0 Å². The Balaban J connectivity index is 1.28. The van der Waals surface area contributed by atoms with E-state index in [-0.39, 0.29) is 6.04 Å². The second-order valence-corrected chi connectivity index (χ2v) is 8.58. The van der Waals surface area contributed by atoms with Crippen LogP contribution in [0.15, 0.2) is 54.9 Å². The topological polar surface area (TPSA) is 90.0 Å². The zero-order chi connectivity index (χ0) is 23.6. The van der Waals surface area contributed by atoms with E-state index in [1.54, 1.807) is 6.20 Å². The molecule has 9 nitrogen and oxygen atoms in total. The van der Waals surface area contributed by atoms with Gasteiger partial charge in [-0.3, -0.25) is 24.4 Å². The number of hydrogen-bond acceptors (Lipinski definition) is 7. The molecule has 0 bridgehead atoms. The number of pyridine rings is 1. The Morgan fingerprint density at radius 1 is 0.912 bits per heavy atom. The van der Waals surface area contributed by atoms with E-state index in [1.807, 2.05) is 24.4 Å². The molecule has 2 fully saturated rings. The molecule has 9 heteroatoms. The fraction of sp³-hybridized carbons (Fsp3) is 0.480. The lowest BCUT2D eigenvalue weighted by molar-refractivity contribution is -0.139. The fourth-order valence-electron chi connectivity index (χ4n) is 4.46.